The van der Waals surface area contributed by atoms with Crippen molar-refractivity contribution in [2.75, 3.05) is 4.90 Å². The Balaban J connectivity index is 1.69. The SMILES string of the molecule is Cc1ccc(CN2C(=O)[C@](O)(c3c(C)[nH]c4ccccc34)c3ccccc32)cc1. The number of nitrogens with one attached hydrogen (secondary N) is 1. The molecule has 0 radical (unpaired) electrons. The molecular formula is C25H22N2O2. The van der Waals surface area contributed by atoms with Crippen LogP contribution in [-0.4, -0.2) is 16.0 Å². The van der Waals surface area contributed by atoms with Crippen LogP contribution in [0.1, 0.15) is 27.9 Å². The molecule has 3 aromatic carbocycles. The maximum atomic E-state index is 13.7. The summed E-state index contributed by atoms with van der Waals surface area (Å²) in [7, 11) is 0. The lowest BCUT2D eigenvalue weighted by molar-refractivity contribution is -0.132. The molecule has 0 bridgehead atoms. The van der Waals surface area contributed by atoms with Crippen molar-refractivity contribution in [2.45, 2.75) is 26.0 Å². The highest BCUT2D eigenvalue weighted by molar-refractivity contribution is 6.11. The van der Waals surface area contributed by atoms with Crippen LogP contribution in [0.15, 0.2) is 72.8 Å². The van der Waals surface area contributed by atoms with Gasteiger partial charge in [0, 0.05) is 27.7 Å². The Labute approximate surface area is 169 Å². The number of rotatable bonds is 3. The molecule has 144 valence electrons. The fourth-order valence-corrected chi connectivity index (χ4v) is 4.45. The van der Waals surface area contributed by atoms with Gasteiger partial charge in [0.2, 0.25) is 0 Å². The van der Waals surface area contributed by atoms with E-state index in [1.165, 1.54) is 5.56 Å². The minimum Gasteiger partial charge on any atom is -0.372 e. The molecule has 0 saturated heterocycles. The fraction of sp³-hybridized carbons (Fsp3) is 0.160. The molecule has 1 aliphatic rings. The summed E-state index contributed by atoms with van der Waals surface area (Å²) in [6.45, 7) is 4.37. The summed E-state index contributed by atoms with van der Waals surface area (Å²) >= 11 is 0. The fourth-order valence-electron chi connectivity index (χ4n) is 4.45. The maximum Gasteiger partial charge on any atom is 0.268 e. The minimum absolute atomic E-state index is 0.313. The second-order valence-corrected chi connectivity index (χ2v) is 7.78. The van der Waals surface area contributed by atoms with E-state index in [0.29, 0.717) is 17.7 Å². The first-order chi connectivity index (χ1) is 14.0. The van der Waals surface area contributed by atoms with Gasteiger partial charge in [0.1, 0.15) is 0 Å². The van der Waals surface area contributed by atoms with Gasteiger partial charge in [0.15, 0.2) is 5.60 Å². The summed E-state index contributed by atoms with van der Waals surface area (Å²) in [6, 6.07) is 23.5. The van der Waals surface area contributed by atoms with Crippen LogP contribution in [0, 0.1) is 13.8 Å². The second-order valence-electron chi connectivity index (χ2n) is 7.78. The number of hydrogen-bond donors (Lipinski definition) is 2. The number of anilines is 1. The number of para-hydroxylation sites is 2. The largest absolute Gasteiger partial charge is 0.372 e. The van der Waals surface area contributed by atoms with Crippen molar-refractivity contribution in [1.82, 2.24) is 4.98 Å². The zero-order valence-electron chi connectivity index (χ0n) is 16.4. The van der Waals surface area contributed by atoms with E-state index in [9.17, 15) is 9.90 Å². The molecule has 4 aromatic rings. The van der Waals surface area contributed by atoms with Gasteiger partial charge in [-0.05, 0) is 31.5 Å². The number of aromatic nitrogens is 1. The molecule has 4 heteroatoms. The molecule has 1 amide bonds. The third kappa shape index (κ3) is 2.53. The first kappa shape index (κ1) is 17.7. The number of H-pyrrole nitrogens is 1. The zero-order chi connectivity index (χ0) is 20.2. The van der Waals surface area contributed by atoms with Gasteiger partial charge < -0.3 is 15.0 Å². The van der Waals surface area contributed by atoms with Crippen molar-refractivity contribution < 1.29 is 9.90 Å². The van der Waals surface area contributed by atoms with Crippen molar-refractivity contribution in [3.8, 4) is 0 Å². The molecule has 0 aliphatic carbocycles. The molecule has 1 aromatic heterocycles. The van der Waals surface area contributed by atoms with Crippen LogP contribution in [0.3, 0.4) is 0 Å². The number of carbonyl (C=O) groups is 1. The van der Waals surface area contributed by atoms with Gasteiger partial charge in [-0.1, -0.05) is 66.2 Å². The van der Waals surface area contributed by atoms with Crippen LogP contribution in [-0.2, 0) is 16.9 Å². The number of aryl methyl sites for hydroxylation is 2. The molecule has 4 nitrogen and oxygen atoms in total. The Bertz CT molecular complexity index is 1240. The van der Waals surface area contributed by atoms with Crippen molar-refractivity contribution >= 4 is 22.5 Å². The number of nitrogens with zero attached hydrogens (tertiary/aromatic N) is 1. The van der Waals surface area contributed by atoms with E-state index >= 15 is 0 Å². The second kappa shape index (κ2) is 6.33. The molecule has 2 N–H and O–H groups in total. The average Bonchev–Trinajstić information content (AvgIpc) is 3.17. The van der Waals surface area contributed by atoms with Crippen LogP contribution >= 0.6 is 0 Å². The van der Waals surface area contributed by atoms with E-state index in [-0.39, 0.29) is 5.91 Å². The van der Waals surface area contributed by atoms with Crippen molar-refractivity contribution in [1.29, 1.82) is 0 Å². The maximum absolute atomic E-state index is 13.7. The van der Waals surface area contributed by atoms with Crippen LogP contribution in [0.4, 0.5) is 5.69 Å². The lowest BCUT2D eigenvalue weighted by atomic mass is 9.85. The van der Waals surface area contributed by atoms with Crippen molar-refractivity contribution in [3.63, 3.8) is 0 Å². The third-order valence-corrected chi connectivity index (χ3v) is 5.86. The lowest BCUT2D eigenvalue weighted by Gasteiger charge is -2.24. The minimum atomic E-state index is -1.72. The molecule has 0 saturated carbocycles. The number of amides is 1. The summed E-state index contributed by atoms with van der Waals surface area (Å²) in [5.41, 5.74) is 4.22. The number of fused-ring (bicyclic) bond motifs is 2. The smallest absolute Gasteiger partial charge is 0.268 e. The highest BCUT2D eigenvalue weighted by atomic mass is 16.3. The Morgan fingerprint density at radius 2 is 1.62 bits per heavy atom. The predicted molar refractivity (Wildman–Crippen MR) is 115 cm³/mol. The highest BCUT2D eigenvalue weighted by Gasteiger charge is 2.52. The molecule has 0 unspecified atom stereocenters. The van der Waals surface area contributed by atoms with Gasteiger partial charge in [0.25, 0.3) is 5.91 Å². The molecule has 1 atom stereocenters. The van der Waals surface area contributed by atoms with Crippen LogP contribution < -0.4 is 4.90 Å². The Hall–Kier alpha value is -3.37. The number of aromatic amines is 1. The summed E-state index contributed by atoms with van der Waals surface area (Å²) in [5, 5.41) is 12.8. The Morgan fingerprint density at radius 1 is 0.931 bits per heavy atom. The van der Waals surface area contributed by atoms with Crippen molar-refractivity contribution in [3.05, 3.63) is 101 Å². The first-order valence-electron chi connectivity index (χ1n) is 9.77. The third-order valence-electron chi connectivity index (χ3n) is 5.86. The van der Waals surface area contributed by atoms with Gasteiger partial charge in [-0.2, -0.15) is 0 Å². The van der Waals surface area contributed by atoms with E-state index in [1.54, 1.807) is 4.90 Å². The Kier molecular flexibility index (Phi) is 3.86. The average molecular weight is 382 g/mol. The topological polar surface area (TPSA) is 56.3 Å². The van der Waals surface area contributed by atoms with Gasteiger partial charge in [0.05, 0.1) is 12.2 Å². The predicted octanol–water partition coefficient (Wildman–Crippen LogP) is 4.57. The number of hydrogen-bond acceptors (Lipinski definition) is 2. The van der Waals surface area contributed by atoms with Gasteiger partial charge in [-0.25, -0.2) is 0 Å². The van der Waals surface area contributed by atoms with Gasteiger partial charge >= 0.3 is 0 Å². The monoisotopic (exact) mass is 382 g/mol. The lowest BCUT2D eigenvalue weighted by Crippen LogP contribution is -2.41. The highest BCUT2D eigenvalue weighted by Crippen LogP contribution is 2.47. The molecule has 0 spiro atoms. The van der Waals surface area contributed by atoms with Crippen LogP contribution in [0.5, 0.6) is 0 Å². The number of benzene rings is 3. The normalized spacial score (nSPS) is 18.4. The molecule has 0 fully saturated rings. The van der Waals surface area contributed by atoms with E-state index < -0.39 is 5.60 Å². The molecular weight excluding hydrogens is 360 g/mol. The summed E-state index contributed by atoms with van der Waals surface area (Å²) < 4.78 is 0. The summed E-state index contributed by atoms with van der Waals surface area (Å²) in [4.78, 5) is 18.7. The van der Waals surface area contributed by atoms with Gasteiger partial charge in [-0.3, -0.25) is 4.79 Å². The summed E-state index contributed by atoms with van der Waals surface area (Å²) in [5.74, 6) is -0.313. The van der Waals surface area contributed by atoms with E-state index in [1.807, 2.05) is 86.6 Å². The molecule has 2 heterocycles. The molecule has 5 rings (SSSR count). The zero-order valence-corrected chi connectivity index (χ0v) is 16.4. The molecule has 1 aliphatic heterocycles. The van der Waals surface area contributed by atoms with E-state index in [2.05, 4.69) is 4.98 Å². The standard InChI is InChI=1S/C25H22N2O2/c1-16-11-13-18(14-12-16)15-27-22-10-6-4-8-20(22)25(29,24(27)28)23-17(2)26-21-9-5-3-7-19(21)23/h3-14,26,29H,15H2,1-2H3/t25-/m1/s1. The van der Waals surface area contributed by atoms with Crippen LogP contribution in [0.2, 0.25) is 0 Å². The van der Waals surface area contributed by atoms with E-state index in [0.717, 1.165) is 27.8 Å². The van der Waals surface area contributed by atoms with Crippen LogP contribution in [0.25, 0.3) is 10.9 Å². The number of carbonyl (C=O) groups excluding carboxylic acids is 1. The summed E-state index contributed by atoms with van der Waals surface area (Å²) in [6.07, 6.45) is 0. The Morgan fingerprint density at radius 3 is 2.41 bits per heavy atom. The molecule has 29 heavy (non-hydrogen) atoms. The number of aliphatic hydroxyl groups is 1. The van der Waals surface area contributed by atoms with Crippen molar-refractivity contribution in [2.24, 2.45) is 0 Å². The quantitative estimate of drug-likeness (QED) is 0.545. The van der Waals surface area contributed by atoms with E-state index in [4.69, 9.17) is 0 Å². The first-order valence-corrected chi connectivity index (χ1v) is 9.77. The van der Waals surface area contributed by atoms with Gasteiger partial charge in [-0.15, -0.1) is 0 Å².